The Morgan fingerprint density at radius 3 is 1.81 bits per heavy atom. The Labute approximate surface area is 314 Å². The van der Waals surface area contributed by atoms with E-state index in [1.807, 2.05) is 6.07 Å². The van der Waals surface area contributed by atoms with Crippen molar-refractivity contribution in [3.8, 4) is 16.8 Å². The van der Waals surface area contributed by atoms with Gasteiger partial charge in [-0.05, 0) is 64.6 Å². The molecular weight excluding hydrogens is 657 g/mol. The van der Waals surface area contributed by atoms with Gasteiger partial charge in [0.15, 0.2) is 0 Å². The normalized spacial score (nSPS) is 14.1. The van der Waals surface area contributed by atoms with Crippen LogP contribution >= 0.6 is 0 Å². The number of benzene rings is 8. The van der Waals surface area contributed by atoms with Crippen molar-refractivity contribution in [1.82, 2.24) is 9.88 Å². The van der Waals surface area contributed by atoms with E-state index in [-0.39, 0.29) is 6.17 Å². The van der Waals surface area contributed by atoms with Gasteiger partial charge in [-0.1, -0.05) is 158 Å². The van der Waals surface area contributed by atoms with Crippen LogP contribution in [0.4, 0.5) is 11.4 Å². The molecule has 0 fully saturated rings. The number of nitrogens with zero attached hydrogens (tertiary/aromatic N) is 2. The third-order valence-corrected chi connectivity index (χ3v) is 10.4. The van der Waals surface area contributed by atoms with Crippen LogP contribution in [0.3, 0.4) is 0 Å². The second-order valence-electron chi connectivity index (χ2n) is 13.7. The van der Waals surface area contributed by atoms with Gasteiger partial charge in [-0.2, -0.15) is 0 Å². The summed E-state index contributed by atoms with van der Waals surface area (Å²) in [6.07, 6.45) is 1.97. The van der Waals surface area contributed by atoms with Crippen LogP contribution in [0.2, 0.25) is 0 Å². The van der Waals surface area contributed by atoms with Crippen molar-refractivity contribution in [2.24, 2.45) is 4.99 Å². The van der Waals surface area contributed by atoms with E-state index in [1.54, 1.807) is 0 Å². The topological polar surface area (TPSA) is 41.4 Å². The summed E-state index contributed by atoms with van der Waals surface area (Å²) in [6, 6.07) is 68.8. The van der Waals surface area contributed by atoms with E-state index in [0.717, 1.165) is 72.6 Å². The highest BCUT2D eigenvalue weighted by Gasteiger charge is 2.22. The molecule has 4 nitrogen and oxygen atoms in total. The molecule has 54 heavy (non-hydrogen) atoms. The summed E-state index contributed by atoms with van der Waals surface area (Å²) in [5.74, 6) is 0. The van der Waals surface area contributed by atoms with E-state index in [1.165, 1.54) is 16.3 Å². The maximum atomic E-state index is 5.32. The molecule has 2 N–H and O–H groups in total. The van der Waals surface area contributed by atoms with E-state index >= 15 is 0 Å². The highest BCUT2D eigenvalue weighted by atomic mass is 15.1. The van der Waals surface area contributed by atoms with E-state index < -0.39 is 0 Å². The molecule has 0 radical (unpaired) electrons. The summed E-state index contributed by atoms with van der Waals surface area (Å²) in [7, 11) is 0. The van der Waals surface area contributed by atoms with E-state index in [2.05, 4.69) is 209 Å². The molecule has 10 rings (SSSR count). The number of aliphatic imine (C=N–C) groups is 1. The average molecular weight is 693 g/mol. The lowest BCUT2D eigenvalue weighted by molar-refractivity contribution is 0.664. The molecule has 0 bridgehead atoms. The number of nitrogens with one attached hydrogen (secondary N) is 2. The summed E-state index contributed by atoms with van der Waals surface area (Å²) >= 11 is 0. The fraction of sp³-hybridized carbons (Fsp3) is 0.0200. The second kappa shape index (κ2) is 13.4. The molecule has 9 aromatic rings. The fourth-order valence-electron chi connectivity index (χ4n) is 7.87. The van der Waals surface area contributed by atoms with Gasteiger partial charge in [0.1, 0.15) is 6.17 Å². The van der Waals surface area contributed by atoms with Crippen LogP contribution in [0, 0.1) is 0 Å². The molecule has 1 unspecified atom stereocenters. The minimum Gasteiger partial charge on any atom is -0.360 e. The fourth-order valence-corrected chi connectivity index (χ4v) is 7.87. The van der Waals surface area contributed by atoms with Gasteiger partial charge >= 0.3 is 0 Å². The zero-order chi connectivity index (χ0) is 35.8. The van der Waals surface area contributed by atoms with Crippen molar-refractivity contribution >= 4 is 55.4 Å². The van der Waals surface area contributed by atoms with Gasteiger partial charge in [0.2, 0.25) is 0 Å². The van der Waals surface area contributed by atoms with Gasteiger partial charge in [-0.15, -0.1) is 0 Å². The smallest absolute Gasteiger partial charge is 0.145 e. The zero-order valence-electron chi connectivity index (χ0n) is 29.5. The van der Waals surface area contributed by atoms with Gasteiger partial charge < -0.3 is 15.2 Å². The quantitative estimate of drug-likeness (QED) is 0.175. The molecule has 1 aliphatic rings. The second-order valence-corrected chi connectivity index (χ2v) is 13.7. The Hall–Kier alpha value is -7.17. The molecule has 0 spiro atoms. The number of para-hydroxylation sites is 2. The van der Waals surface area contributed by atoms with Crippen molar-refractivity contribution in [2.75, 3.05) is 5.32 Å². The van der Waals surface area contributed by atoms with Crippen molar-refractivity contribution in [1.29, 1.82) is 0 Å². The first-order chi connectivity index (χ1) is 26.8. The Balaban J connectivity index is 1.14. The molecule has 4 heteroatoms. The maximum absolute atomic E-state index is 5.32. The van der Waals surface area contributed by atoms with Crippen molar-refractivity contribution in [3.63, 3.8) is 0 Å². The van der Waals surface area contributed by atoms with Crippen LogP contribution in [0.5, 0.6) is 0 Å². The van der Waals surface area contributed by atoms with E-state index in [0.29, 0.717) is 0 Å². The van der Waals surface area contributed by atoms with Crippen molar-refractivity contribution in [3.05, 3.63) is 217 Å². The molecule has 1 aromatic heterocycles. The molecule has 2 heterocycles. The summed E-state index contributed by atoms with van der Waals surface area (Å²) < 4.78 is 2.38. The summed E-state index contributed by atoms with van der Waals surface area (Å²) in [5.41, 5.74) is 13.2. The Bertz CT molecular complexity index is 2860. The van der Waals surface area contributed by atoms with Gasteiger partial charge in [0.05, 0.1) is 16.7 Å². The number of hydrogen-bond acceptors (Lipinski definition) is 3. The largest absolute Gasteiger partial charge is 0.360 e. The zero-order valence-corrected chi connectivity index (χ0v) is 29.5. The number of rotatable bonds is 7. The third kappa shape index (κ3) is 5.62. The molecule has 1 atom stereocenters. The van der Waals surface area contributed by atoms with Crippen molar-refractivity contribution in [2.45, 2.75) is 6.17 Å². The minimum atomic E-state index is -0.213. The first-order valence-corrected chi connectivity index (χ1v) is 18.4. The molecule has 0 amide bonds. The molecule has 0 saturated heterocycles. The summed E-state index contributed by atoms with van der Waals surface area (Å²) in [4.78, 5) is 5.32. The highest BCUT2D eigenvalue weighted by Crippen LogP contribution is 2.41. The standard InChI is InChI=1S/C50H36N4/c1-5-17-34(18-6-1)42-31-43-41-27-15-16-28-48(41)54(37-23-11-4-12-24-37)49(43)33-47(42)51-44-30-29-40(38-25-13-14-26-39(38)44)46-32-45(35-19-7-2-8-20-35)52-50(53-46)36-21-9-3-10-22-36/h1-33,50-52H. The van der Waals surface area contributed by atoms with Gasteiger partial charge in [0, 0.05) is 50.0 Å². The number of anilines is 2. The molecule has 1 aliphatic heterocycles. The summed E-state index contributed by atoms with van der Waals surface area (Å²) in [6.45, 7) is 0. The number of fused-ring (bicyclic) bond motifs is 4. The summed E-state index contributed by atoms with van der Waals surface area (Å²) in [5, 5.41) is 12.4. The van der Waals surface area contributed by atoms with Gasteiger partial charge in [-0.3, -0.25) is 4.99 Å². The minimum absolute atomic E-state index is 0.213. The van der Waals surface area contributed by atoms with Crippen LogP contribution < -0.4 is 10.6 Å². The predicted octanol–water partition coefficient (Wildman–Crippen LogP) is 12.5. The molecule has 256 valence electrons. The Morgan fingerprint density at radius 2 is 1.07 bits per heavy atom. The molecule has 8 aromatic carbocycles. The molecule has 0 saturated carbocycles. The van der Waals surface area contributed by atoms with Crippen LogP contribution in [0.1, 0.15) is 22.9 Å². The Kier molecular flexibility index (Phi) is 7.85. The van der Waals surface area contributed by atoms with Crippen molar-refractivity contribution < 1.29 is 0 Å². The van der Waals surface area contributed by atoms with E-state index in [9.17, 15) is 0 Å². The lowest BCUT2D eigenvalue weighted by Gasteiger charge is -2.25. The molecular formula is C50H36N4. The average Bonchev–Trinajstić information content (AvgIpc) is 3.57. The first kappa shape index (κ1) is 31.6. The third-order valence-electron chi connectivity index (χ3n) is 10.4. The molecule has 0 aliphatic carbocycles. The van der Waals surface area contributed by atoms with E-state index in [4.69, 9.17) is 4.99 Å². The predicted molar refractivity (Wildman–Crippen MR) is 227 cm³/mol. The van der Waals surface area contributed by atoms with Gasteiger partial charge in [0.25, 0.3) is 0 Å². The first-order valence-electron chi connectivity index (χ1n) is 18.4. The van der Waals surface area contributed by atoms with Crippen LogP contribution in [0.15, 0.2) is 205 Å². The van der Waals surface area contributed by atoms with Crippen LogP contribution in [-0.4, -0.2) is 10.3 Å². The lowest BCUT2D eigenvalue weighted by Crippen LogP contribution is -2.24. The van der Waals surface area contributed by atoms with Crippen LogP contribution in [-0.2, 0) is 0 Å². The highest BCUT2D eigenvalue weighted by molar-refractivity contribution is 6.21. The van der Waals surface area contributed by atoms with Crippen LogP contribution in [0.25, 0.3) is 55.1 Å². The number of aromatic nitrogens is 1. The van der Waals surface area contributed by atoms with Gasteiger partial charge in [-0.25, -0.2) is 0 Å². The maximum Gasteiger partial charge on any atom is 0.145 e. The SMILES string of the molecule is C1=C(c2ccccc2)NC(c2ccccc2)N=C1c1ccc(Nc2cc3c(cc2-c2ccccc2)c2ccccc2n3-c2ccccc2)c2ccccc12. The lowest BCUT2D eigenvalue weighted by atomic mass is 9.96. The number of hydrogen-bond donors (Lipinski definition) is 2. The number of allylic oxidation sites excluding steroid dienone is 1. The Morgan fingerprint density at radius 1 is 0.463 bits per heavy atom. The monoisotopic (exact) mass is 692 g/mol.